The third-order valence-corrected chi connectivity index (χ3v) is 6.69. The molecule has 0 aliphatic heterocycles. The van der Waals surface area contributed by atoms with Crippen LogP contribution in [-0.2, 0) is 26.2 Å². The summed E-state index contributed by atoms with van der Waals surface area (Å²) in [7, 11) is -2.51. The van der Waals surface area contributed by atoms with Crippen LogP contribution in [0.3, 0.4) is 0 Å². The Morgan fingerprint density at radius 2 is 0.941 bits per heavy atom. The predicted octanol–water partition coefficient (Wildman–Crippen LogP) is 9.01. The summed E-state index contributed by atoms with van der Waals surface area (Å²) in [5, 5.41) is 10.7. The zero-order valence-electron chi connectivity index (χ0n) is 23.4. The summed E-state index contributed by atoms with van der Waals surface area (Å²) in [5.74, 6) is 1.26. The number of phenols is 1. The molecule has 188 valence electrons. The molecular weight excluding hydrogens is 443 g/mol. The van der Waals surface area contributed by atoms with Gasteiger partial charge in [0.15, 0.2) is 11.5 Å². The molecule has 4 nitrogen and oxygen atoms in total. The van der Waals surface area contributed by atoms with E-state index in [1.54, 1.807) is 12.1 Å². The van der Waals surface area contributed by atoms with Crippen molar-refractivity contribution < 1.29 is 18.7 Å². The molecule has 5 heteroatoms. The van der Waals surface area contributed by atoms with Crippen LogP contribution in [0, 0.1) is 6.92 Å². The van der Waals surface area contributed by atoms with Gasteiger partial charge in [-0.2, -0.15) is 0 Å². The van der Waals surface area contributed by atoms with E-state index in [1.165, 1.54) is 5.56 Å². The van der Waals surface area contributed by atoms with Crippen molar-refractivity contribution in [1.82, 2.24) is 0 Å². The maximum atomic E-state index is 13.3. The summed E-state index contributed by atoms with van der Waals surface area (Å²) < 4.78 is 25.3. The van der Waals surface area contributed by atoms with Crippen LogP contribution in [0.15, 0.2) is 24.3 Å². The second-order valence-electron chi connectivity index (χ2n) is 13.4. The lowest BCUT2D eigenvalue weighted by atomic mass is 9.79. The third kappa shape index (κ3) is 6.54. The fourth-order valence-corrected chi connectivity index (χ4v) is 4.83. The van der Waals surface area contributed by atoms with Crippen molar-refractivity contribution in [3.8, 4) is 17.2 Å². The van der Waals surface area contributed by atoms with E-state index in [0.29, 0.717) is 11.5 Å². The van der Waals surface area contributed by atoms with Crippen LogP contribution in [0.1, 0.15) is 111 Å². The molecule has 0 aliphatic rings. The Labute approximate surface area is 208 Å². The first-order valence-corrected chi connectivity index (χ1v) is 13.1. The van der Waals surface area contributed by atoms with Crippen molar-refractivity contribution in [2.24, 2.45) is 0 Å². The van der Waals surface area contributed by atoms with Gasteiger partial charge in [0.1, 0.15) is 5.75 Å². The SMILES string of the molecule is Cc1cc(C(C)(C)C)c(O[P+](=O)Oc2cc(C(C)(C)C)c(O)cc2C(C)(C)C)cc1C(C)(C)C. The number of rotatable bonds is 4. The highest BCUT2D eigenvalue weighted by molar-refractivity contribution is 7.34. The average Bonchev–Trinajstić information content (AvgIpc) is 2.60. The number of aromatic hydroxyl groups is 1. The highest BCUT2D eigenvalue weighted by atomic mass is 31.1. The van der Waals surface area contributed by atoms with E-state index < -0.39 is 8.25 Å². The lowest BCUT2D eigenvalue weighted by Crippen LogP contribution is -2.18. The van der Waals surface area contributed by atoms with E-state index in [9.17, 15) is 9.67 Å². The van der Waals surface area contributed by atoms with Crippen LogP contribution < -0.4 is 9.05 Å². The van der Waals surface area contributed by atoms with Crippen LogP contribution in [0.25, 0.3) is 0 Å². The third-order valence-electron chi connectivity index (χ3n) is 6.00. The minimum absolute atomic E-state index is 0.0803. The Bertz CT molecular complexity index is 986. The van der Waals surface area contributed by atoms with Crippen molar-refractivity contribution in [3.05, 3.63) is 52.1 Å². The molecule has 2 aromatic rings. The van der Waals surface area contributed by atoms with Gasteiger partial charge in [-0.3, -0.25) is 0 Å². The van der Waals surface area contributed by atoms with Crippen molar-refractivity contribution in [3.63, 3.8) is 0 Å². The van der Waals surface area contributed by atoms with E-state index in [4.69, 9.17) is 9.05 Å². The molecule has 1 N–H and O–H groups in total. The zero-order chi connectivity index (χ0) is 26.4. The van der Waals surface area contributed by atoms with Crippen molar-refractivity contribution >= 4 is 8.25 Å². The number of phenolic OH excluding ortho intramolecular Hbond substituents is 1. The van der Waals surface area contributed by atoms with Gasteiger partial charge in [-0.05, 0) is 57.9 Å². The first-order chi connectivity index (χ1) is 15.1. The lowest BCUT2D eigenvalue weighted by Gasteiger charge is -2.27. The summed E-state index contributed by atoms with van der Waals surface area (Å²) in [6.07, 6.45) is 0. The van der Waals surface area contributed by atoms with E-state index in [2.05, 4.69) is 54.5 Å². The molecule has 0 amide bonds. The quantitative estimate of drug-likeness (QED) is 0.437. The second-order valence-corrected chi connectivity index (χ2v) is 14.2. The highest BCUT2D eigenvalue weighted by Gasteiger charge is 2.35. The van der Waals surface area contributed by atoms with Gasteiger partial charge in [-0.1, -0.05) is 89.2 Å². The summed E-state index contributed by atoms with van der Waals surface area (Å²) in [4.78, 5) is 0. The van der Waals surface area contributed by atoms with Gasteiger partial charge in [0.05, 0.1) is 0 Å². The lowest BCUT2D eigenvalue weighted by molar-refractivity contribution is 0.396. The van der Waals surface area contributed by atoms with Gasteiger partial charge in [0.25, 0.3) is 0 Å². The molecule has 0 bridgehead atoms. The molecule has 0 saturated carbocycles. The molecule has 0 saturated heterocycles. The smallest absolute Gasteiger partial charge is 0.508 e. The van der Waals surface area contributed by atoms with E-state index in [1.807, 2.05) is 47.6 Å². The topological polar surface area (TPSA) is 55.8 Å². The molecule has 0 spiro atoms. The van der Waals surface area contributed by atoms with Gasteiger partial charge in [0, 0.05) is 21.3 Å². The minimum Gasteiger partial charge on any atom is -0.508 e. The summed E-state index contributed by atoms with van der Waals surface area (Å²) >= 11 is 0. The van der Waals surface area contributed by atoms with Crippen LogP contribution in [0.4, 0.5) is 0 Å². The Hall–Kier alpha value is -2.06. The van der Waals surface area contributed by atoms with Crippen molar-refractivity contribution in [1.29, 1.82) is 0 Å². The van der Waals surface area contributed by atoms with Crippen LogP contribution in [-0.4, -0.2) is 5.11 Å². The first kappa shape index (κ1) is 28.2. The number of aryl methyl sites for hydroxylation is 1. The molecular formula is C29H44O4P+. The average molecular weight is 488 g/mol. The van der Waals surface area contributed by atoms with E-state index >= 15 is 0 Å². The molecule has 1 atom stereocenters. The molecule has 0 fully saturated rings. The molecule has 0 aliphatic carbocycles. The molecule has 2 aromatic carbocycles. The first-order valence-electron chi connectivity index (χ1n) is 12.0. The Morgan fingerprint density at radius 1 is 0.588 bits per heavy atom. The van der Waals surface area contributed by atoms with Gasteiger partial charge in [-0.15, -0.1) is 0 Å². The summed E-state index contributed by atoms with van der Waals surface area (Å²) in [6, 6.07) is 7.67. The van der Waals surface area contributed by atoms with Crippen molar-refractivity contribution in [2.45, 2.75) is 112 Å². The second kappa shape index (κ2) is 9.19. The minimum atomic E-state index is -2.51. The Kier molecular flexibility index (Phi) is 7.62. The van der Waals surface area contributed by atoms with Crippen molar-refractivity contribution in [2.75, 3.05) is 0 Å². The monoisotopic (exact) mass is 487 g/mol. The molecule has 0 heterocycles. The largest absolute Gasteiger partial charge is 0.805 e. The standard InChI is InChI=1S/C29H43O4P/c1-18-14-21(28(8,9)10)24(16-19(18)26(2,3)4)32-34(31)33-25-17-20(27(5,6)7)23(30)15-22(25)29(11,12)13/h14-17H,1-13H3/p+1. The van der Waals surface area contributed by atoms with Gasteiger partial charge < -0.3 is 5.11 Å². The molecule has 1 unspecified atom stereocenters. The zero-order valence-corrected chi connectivity index (χ0v) is 24.3. The van der Waals surface area contributed by atoms with Gasteiger partial charge in [-0.25, -0.2) is 9.05 Å². The molecule has 2 rings (SSSR count). The number of benzene rings is 2. The fraction of sp³-hybridized carbons (Fsp3) is 0.586. The van der Waals surface area contributed by atoms with Gasteiger partial charge >= 0.3 is 8.25 Å². The molecule has 0 radical (unpaired) electrons. The number of hydrogen-bond acceptors (Lipinski definition) is 4. The predicted molar refractivity (Wildman–Crippen MR) is 143 cm³/mol. The summed E-state index contributed by atoms with van der Waals surface area (Å²) in [5.41, 5.74) is 3.94. The highest BCUT2D eigenvalue weighted by Crippen LogP contribution is 2.45. The van der Waals surface area contributed by atoms with E-state index in [0.717, 1.165) is 22.3 Å². The Morgan fingerprint density at radius 3 is 1.32 bits per heavy atom. The fourth-order valence-electron chi connectivity index (χ4n) is 4.17. The molecule has 0 aromatic heterocycles. The molecule has 34 heavy (non-hydrogen) atoms. The van der Waals surface area contributed by atoms with Crippen LogP contribution >= 0.6 is 8.25 Å². The van der Waals surface area contributed by atoms with Gasteiger partial charge in [0.2, 0.25) is 0 Å². The normalized spacial score (nSPS) is 13.6. The van der Waals surface area contributed by atoms with Crippen LogP contribution in [0.5, 0.6) is 17.2 Å². The maximum Gasteiger partial charge on any atom is 0.805 e. The Balaban J connectivity index is 2.56. The van der Waals surface area contributed by atoms with E-state index in [-0.39, 0.29) is 27.4 Å². The number of hydrogen-bond donors (Lipinski definition) is 1. The van der Waals surface area contributed by atoms with Crippen LogP contribution in [0.2, 0.25) is 0 Å². The summed E-state index contributed by atoms with van der Waals surface area (Å²) in [6.45, 7) is 27.1. The maximum absolute atomic E-state index is 13.3.